The van der Waals surface area contributed by atoms with Crippen LogP contribution in [0.15, 0.2) is 85.1 Å². The summed E-state index contributed by atoms with van der Waals surface area (Å²) in [6, 6.07) is 0. The second kappa shape index (κ2) is 39.6. The lowest BCUT2D eigenvalue weighted by Crippen LogP contribution is -2.64. The summed E-state index contributed by atoms with van der Waals surface area (Å²) in [7, 11) is -5.21. The Hall–Kier alpha value is -3.09. The summed E-state index contributed by atoms with van der Waals surface area (Å²) in [5.41, 5.74) is 0. The molecule has 11 atom stereocenters. The molecule has 3 unspecified atom stereocenters. The van der Waals surface area contributed by atoms with Crippen LogP contribution >= 0.6 is 7.82 Å². The molecule has 0 bridgehead atoms. The fraction of sp³-hybridized carbons (Fsp3) is 0.686. The first-order valence-electron chi connectivity index (χ1n) is 24.7. The van der Waals surface area contributed by atoms with Crippen molar-refractivity contribution in [3.05, 3.63) is 85.1 Å². The minimum absolute atomic E-state index is 0.0133. The van der Waals surface area contributed by atoms with E-state index in [1.807, 2.05) is 19.1 Å². The van der Waals surface area contributed by atoms with Crippen LogP contribution in [-0.2, 0) is 32.7 Å². The van der Waals surface area contributed by atoms with Gasteiger partial charge < -0.3 is 55.2 Å². The average Bonchev–Trinajstić information content (AvgIpc) is 3.31. The number of phosphoric acid groups is 1. The maximum absolute atomic E-state index is 12.9. The zero-order valence-corrected chi connectivity index (χ0v) is 41.3. The maximum atomic E-state index is 12.9. The lowest BCUT2D eigenvalue weighted by Gasteiger charge is -2.41. The van der Waals surface area contributed by atoms with Crippen molar-refractivity contribution in [1.29, 1.82) is 0 Å². The van der Waals surface area contributed by atoms with Gasteiger partial charge in [0.25, 0.3) is 0 Å². The Kier molecular flexibility index (Phi) is 36.7. The summed E-state index contributed by atoms with van der Waals surface area (Å²) in [5.74, 6) is -1.44. The molecule has 0 aliphatic heterocycles. The molecule has 16 nitrogen and oxygen atoms in total. The van der Waals surface area contributed by atoms with Crippen LogP contribution in [0.2, 0.25) is 0 Å². The number of aliphatic hydroxyl groups is 8. The number of hydrogen-bond donors (Lipinski definition) is 9. The number of ether oxygens (including phenoxy) is 2. The molecule has 0 aromatic heterocycles. The van der Waals surface area contributed by atoms with E-state index in [0.717, 1.165) is 57.8 Å². The van der Waals surface area contributed by atoms with Gasteiger partial charge in [0.15, 0.2) is 6.10 Å². The van der Waals surface area contributed by atoms with E-state index in [9.17, 15) is 59.9 Å². The molecule has 1 rings (SSSR count). The molecule has 68 heavy (non-hydrogen) atoms. The molecule has 1 aliphatic carbocycles. The molecule has 0 radical (unpaired) electrons. The molecular formula is C51H85O16P. The number of aliphatic hydroxyl groups excluding tert-OH is 8. The van der Waals surface area contributed by atoms with Gasteiger partial charge in [-0.3, -0.25) is 18.6 Å². The van der Waals surface area contributed by atoms with Gasteiger partial charge >= 0.3 is 19.8 Å². The van der Waals surface area contributed by atoms with Crippen molar-refractivity contribution in [1.82, 2.24) is 0 Å². The van der Waals surface area contributed by atoms with E-state index in [1.165, 1.54) is 44.6 Å². The first kappa shape index (κ1) is 62.9. The third-order valence-electron chi connectivity index (χ3n) is 11.1. The van der Waals surface area contributed by atoms with Crippen molar-refractivity contribution < 1.29 is 78.4 Å². The monoisotopic (exact) mass is 985 g/mol. The number of unbranched alkanes of at least 4 members (excludes halogenated alkanes) is 12. The topological polar surface area (TPSA) is 270 Å². The number of hydrogen-bond acceptors (Lipinski definition) is 15. The summed E-state index contributed by atoms with van der Waals surface area (Å²) in [6.07, 6.45) is 26.9. The largest absolute Gasteiger partial charge is 0.472 e. The highest BCUT2D eigenvalue weighted by molar-refractivity contribution is 7.47. The summed E-state index contributed by atoms with van der Waals surface area (Å²) in [6.45, 7) is 2.79. The van der Waals surface area contributed by atoms with Crippen molar-refractivity contribution in [2.45, 2.75) is 210 Å². The predicted molar refractivity (Wildman–Crippen MR) is 262 cm³/mol. The zero-order valence-electron chi connectivity index (χ0n) is 40.4. The normalized spacial score (nSPS) is 23.2. The highest BCUT2D eigenvalue weighted by Gasteiger charge is 2.51. The Balaban J connectivity index is 2.57. The standard InChI is InChI=1S/C51H85O16P/c1-3-5-7-8-9-10-11-12-13-14-15-16-17-18-19-20-21-26-30-36-45(56)66-41(39-65-68(62,63)67-51-49(60)47(58)46(57)48(59)50(51)61)38-64-44(55)37-31-35-43(54)42(53)34-29-25-23-22-24-28-33-40(52)32-27-6-4-2/h6,9-10,12-13,22-25,27-29,33-34,40-43,46-54,57-61H,3-5,7-8,11,14-21,26,30-32,35-39H2,1-2H3,(H,62,63)/b10-9-,13-12-,24-22+,25-23-,27-6-,33-28+,34-29-/t40-,41-,42+,43+,46?,47-,48+,49-,50-,51?/m1/s1. The highest BCUT2D eigenvalue weighted by Crippen LogP contribution is 2.47. The van der Waals surface area contributed by atoms with E-state index >= 15 is 0 Å². The maximum Gasteiger partial charge on any atom is 0.472 e. The summed E-state index contributed by atoms with van der Waals surface area (Å²) in [5, 5.41) is 80.8. The molecule has 0 spiro atoms. The number of carbonyl (C=O) groups is 2. The molecule has 1 aliphatic rings. The molecule has 0 saturated heterocycles. The SMILES string of the molecule is CC/C=C\C[C@@H](O)/C=C/C=C/C=C\C=C/[C@H](O)[C@@H](O)CCCC(=O)OC[C@H](COP(=O)(O)OC1[C@H](O)[C@H](O)C(O)[C@H](O)[C@H]1O)OC(=O)CCCCCCCCCCC/C=C\C/C=C\CCCCC. The number of esters is 2. The van der Waals surface area contributed by atoms with Crippen molar-refractivity contribution in [3.8, 4) is 0 Å². The van der Waals surface area contributed by atoms with Crippen LogP contribution in [0, 0.1) is 0 Å². The van der Waals surface area contributed by atoms with E-state index in [0.29, 0.717) is 12.8 Å². The summed E-state index contributed by atoms with van der Waals surface area (Å²) < 4.78 is 33.4. The second-order valence-electron chi connectivity index (χ2n) is 17.1. The molecular weight excluding hydrogens is 900 g/mol. The summed E-state index contributed by atoms with van der Waals surface area (Å²) in [4.78, 5) is 35.8. The van der Waals surface area contributed by atoms with Crippen LogP contribution in [0.3, 0.4) is 0 Å². The minimum atomic E-state index is -5.21. The lowest BCUT2D eigenvalue weighted by atomic mass is 9.85. The van der Waals surface area contributed by atoms with Gasteiger partial charge in [0.2, 0.25) is 0 Å². The average molecular weight is 985 g/mol. The number of rotatable bonds is 39. The van der Waals surface area contributed by atoms with Gasteiger partial charge in [-0.25, -0.2) is 4.57 Å². The zero-order chi connectivity index (χ0) is 50.4. The van der Waals surface area contributed by atoms with Gasteiger partial charge in [0.1, 0.15) is 43.2 Å². The summed E-state index contributed by atoms with van der Waals surface area (Å²) >= 11 is 0. The van der Waals surface area contributed by atoms with Gasteiger partial charge in [0, 0.05) is 12.8 Å². The molecule has 17 heteroatoms. The molecule has 390 valence electrons. The number of phosphoric ester groups is 1. The fourth-order valence-corrected chi connectivity index (χ4v) is 7.92. The minimum Gasteiger partial charge on any atom is -0.462 e. The lowest BCUT2D eigenvalue weighted by molar-refractivity contribution is -0.220. The van der Waals surface area contributed by atoms with Crippen LogP contribution in [-0.4, -0.2) is 132 Å². The van der Waals surface area contributed by atoms with Crippen LogP contribution in [0.1, 0.15) is 149 Å². The van der Waals surface area contributed by atoms with Gasteiger partial charge in [-0.2, -0.15) is 0 Å². The first-order chi connectivity index (χ1) is 32.6. The van der Waals surface area contributed by atoms with Crippen molar-refractivity contribution in [3.63, 3.8) is 0 Å². The van der Waals surface area contributed by atoms with Crippen LogP contribution in [0.5, 0.6) is 0 Å². The quantitative estimate of drug-likeness (QED) is 0.00989. The second-order valence-corrected chi connectivity index (χ2v) is 18.6. The molecule has 0 aromatic carbocycles. The smallest absolute Gasteiger partial charge is 0.462 e. The van der Waals surface area contributed by atoms with Gasteiger partial charge in [-0.05, 0) is 64.2 Å². The van der Waals surface area contributed by atoms with Crippen LogP contribution in [0.4, 0.5) is 0 Å². The van der Waals surface area contributed by atoms with Crippen LogP contribution in [0.25, 0.3) is 0 Å². The third kappa shape index (κ3) is 31.2. The molecule has 0 aromatic rings. The molecule has 0 amide bonds. The fourth-order valence-electron chi connectivity index (χ4n) is 6.95. The predicted octanol–water partition coefficient (Wildman–Crippen LogP) is 6.97. The first-order valence-corrected chi connectivity index (χ1v) is 26.2. The number of carbonyl (C=O) groups excluding carboxylic acids is 2. The Morgan fingerprint density at radius 2 is 1.12 bits per heavy atom. The van der Waals surface area contributed by atoms with E-state index in [2.05, 4.69) is 31.2 Å². The molecule has 1 fully saturated rings. The van der Waals surface area contributed by atoms with Crippen molar-refractivity contribution in [2.24, 2.45) is 0 Å². The Morgan fingerprint density at radius 3 is 1.72 bits per heavy atom. The Labute approximate surface area is 405 Å². The number of allylic oxidation sites excluding steroid dienone is 11. The third-order valence-corrected chi connectivity index (χ3v) is 12.0. The van der Waals surface area contributed by atoms with E-state index in [4.69, 9.17) is 18.5 Å². The Morgan fingerprint density at radius 1 is 0.588 bits per heavy atom. The Bertz CT molecular complexity index is 1560. The highest BCUT2D eigenvalue weighted by atomic mass is 31.2. The van der Waals surface area contributed by atoms with E-state index < -0.39 is 94.0 Å². The van der Waals surface area contributed by atoms with Crippen molar-refractivity contribution >= 4 is 19.8 Å². The van der Waals surface area contributed by atoms with Gasteiger partial charge in [0.05, 0.1) is 24.9 Å². The van der Waals surface area contributed by atoms with Crippen molar-refractivity contribution in [2.75, 3.05) is 13.2 Å². The van der Waals surface area contributed by atoms with E-state index in [1.54, 1.807) is 42.5 Å². The van der Waals surface area contributed by atoms with E-state index in [-0.39, 0.29) is 25.7 Å². The molecule has 0 heterocycles. The van der Waals surface area contributed by atoms with Crippen LogP contribution < -0.4 is 0 Å². The van der Waals surface area contributed by atoms with Gasteiger partial charge in [-0.15, -0.1) is 0 Å². The molecule has 1 saturated carbocycles. The molecule has 9 N–H and O–H groups in total. The van der Waals surface area contributed by atoms with Gasteiger partial charge in [-0.1, -0.05) is 157 Å².